The molecular weight excluding hydrogens is 368 g/mol. The number of pyridine rings is 1. The first-order chi connectivity index (χ1) is 14.1. The molecule has 2 heterocycles. The van der Waals surface area contributed by atoms with Crippen molar-refractivity contribution in [3.05, 3.63) is 65.1 Å². The molecule has 3 N–H and O–H groups in total. The molecule has 1 aromatic carbocycles. The summed E-state index contributed by atoms with van der Waals surface area (Å²) in [5.41, 5.74) is 3.97. The quantitative estimate of drug-likeness (QED) is 0.633. The molecule has 0 spiro atoms. The first-order valence-corrected chi connectivity index (χ1v) is 9.35. The largest absolute Gasteiger partial charge is 0.456 e. The molecule has 1 aliphatic carbocycles. The van der Waals surface area contributed by atoms with Crippen LogP contribution >= 0.6 is 0 Å². The Balaban J connectivity index is 1.30. The van der Waals surface area contributed by atoms with E-state index in [4.69, 9.17) is 10.00 Å². The molecule has 1 aliphatic rings. The lowest BCUT2D eigenvalue weighted by Crippen LogP contribution is -2.41. The minimum absolute atomic E-state index is 0.0455. The highest BCUT2D eigenvalue weighted by Crippen LogP contribution is 2.23. The molecule has 0 radical (unpaired) electrons. The Labute approximate surface area is 167 Å². The Morgan fingerprint density at radius 3 is 2.76 bits per heavy atom. The lowest BCUT2D eigenvalue weighted by molar-refractivity contribution is 0.247. The van der Waals surface area contributed by atoms with Gasteiger partial charge in [-0.1, -0.05) is 0 Å². The molecule has 0 aliphatic heterocycles. The van der Waals surface area contributed by atoms with Crippen molar-refractivity contribution in [1.29, 1.82) is 5.26 Å². The van der Waals surface area contributed by atoms with Crippen LogP contribution < -0.4 is 15.4 Å². The summed E-state index contributed by atoms with van der Waals surface area (Å²) in [5, 5.41) is 21.9. The topological polar surface area (TPSA) is 116 Å². The highest BCUT2D eigenvalue weighted by Gasteiger charge is 2.23. The number of carbonyl (C=O) groups is 1. The minimum Gasteiger partial charge on any atom is -0.456 e. The van der Waals surface area contributed by atoms with Crippen molar-refractivity contribution in [3.63, 3.8) is 0 Å². The second kappa shape index (κ2) is 8.02. The van der Waals surface area contributed by atoms with Crippen molar-refractivity contribution in [3.8, 4) is 17.6 Å². The molecule has 8 nitrogen and oxygen atoms in total. The number of aromatic amines is 1. The molecule has 3 aromatic rings. The van der Waals surface area contributed by atoms with Crippen molar-refractivity contribution in [2.24, 2.45) is 0 Å². The van der Waals surface area contributed by atoms with Crippen LogP contribution in [0.4, 0.5) is 10.6 Å². The Morgan fingerprint density at radius 1 is 1.24 bits per heavy atom. The van der Waals surface area contributed by atoms with Gasteiger partial charge in [0.05, 0.1) is 23.5 Å². The van der Waals surface area contributed by atoms with Gasteiger partial charge in [0, 0.05) is 18.2 Å². The number of nitriles is 1. The summed E-state index contributed by atoms with van der Waals surface area (Å²) in [6.07, 6.45) is 4.04. The Morgan fingerprint density at radius 2 is 2.03 bits per heavy atom. The second-order valence-corrected chi connectivity index (χ2v) is 6.93. The van der Waals surface area contributed by atoms with Crippen LogP contribution in [-0.4, -0.2) is 27.3 Å². The molecule has 29 heavy (non-hydrogen) atoms. The van der Waals surface area contributed by atoms with Gasteiger partial charge in [0.1, 0.15) is 17.3 Å². The maximum Gasteiger partial charge on any atom is 0.320 e. The number of H-pyrrole nitrogens is 1. The van der Waals surface area contributed by atoms with Gasteiger partial charge in [-0.15, -0.1) is 0 Å². The van der Waals surface area contributed by atoms with E-state index >= 15 is 0 Å². The summed E-state index contributed by atoms with van der Waals surface area (Å²) in [4.78, 5) is 16.5. The average molecular weight is 388 g/mol. The Hall–Kier alpha value is -3.86. The summed E-state index contributed by atoms with van der Waals surface area (Å²) in [7, 11) is 0. The van der Waals surface area contributed by atoms with Gasteiger partial charge in [0.25, 0.3) is 0 Å². The predicted molar refractivity (Wildman–Crippen MR) is 107 cm³/mol. The van der Waals surface area contributed by atoms with Gasteiger partial charge in [-0.2, -0.15) is 10.4 Å². The number of hydrogen-bond donors (Lipinski definition) is 3. The number of urea groups is 1. The molecule has 1 unspecified atom stereocenters. The van der Waals surface area contributed by atoms with E-state index < -0.39 is 0 Å². The second-order valence-electron chi connectivity index (χ2n) is 6.93. The fourth-order valence-electron chi connectivity index (χ4n) is 3.37. The van der Waals surface area contributed by atoms with Crippen LogP contribution in [0.3, 0.4) is 0 Å². The molecule has 0 saturated carbocycles. The molecule has 146 valence electrons. The van der Waals surface area contributed by atoms with Crippen molar-refractivity contribution in [2.45, 2.75) is 32.2 Å². The van der Waals surface area contributed by atoms with Crippen LogP contribution in [0, 0.1) is 18.3 Å². The predicted octanol–water partition coefficient (Wildman–Crippen LogP) is 3.46. The molecule has 2 amide bonds. The zero-order valence-corrected chi connectivity index (χ0v) is 15.9. The average Bonchev–Trinajstić information content (AvgIpc) is 3.10. The monoisotopic (exact) mass is 388 g/mol. The smallest absolute Gasteiger partial charge is 0.320 e. The third kappa shape index (κ3) is 4.35. The lowest BCUT2D eigenvalue weighted by atomic mass is 9.92. The first kappa shape index (κ1) is 18.5. The maximum absolute atomic E-state index is 12.3. The lowest BCUT2D eigenvalue weighted by Gasteiger charge is -2.22. The number of amides is 2. The Bertz CT molecular complexity index is 1050. The van der Waals surface area contributed by atoms with Gasteiger partial charge in [-0.3, -0.25) is 10.4 Å². The zero-order chi connectivity index (χ0) is 20.2. The molecule has 1 atom stereocenters. The van der Waals surface area contributed by atoms with E-state index in [0.29, 0.717) is 22.9 Å². The van der Waals surface area contributed by atoms with Gasteiger partial charge in [0.15, 0.2) is 0 Å². The highest BCUT2D eigenvalue weighted by atomic mass is 16.5. The molecule has 0 fully saturated rings. The third-order valence-corrected chi connectivity index (χ3v) is 4.87. The number of nitrogens with one attached hydrogen (secondary N) is 3. The number of anilines is 1. The van der Waals surface area contributed by atoms with Crippen LogP contribution in [0.25, 0.3) is 0 Å². The van der Waals surface area contributed by atoms with Crippen LogP contribution in [0.1, 0.15) is 28.9 Å². The number of aryl methyl sites for hydroxylation is 1. The van der Waals surface area contributed by atoms with Gasteiger partial charge >= 0.3 is 6.03 Å². The summed E-state index contributed by atoms with van der Waals surface area (Å²) >= 11 is 0. The van der Waals surface area contributed by atoms with Gasteiger partial charge in [0.2, 0.25) is 0 Å². The van der Waals surface area contributed by atoms with E-state index in [1.54, 1.807) is 36.4 Å². The molecule has 2 aromatic heterocycles. The minimum atomic E-state index is -0.293. The normalized spacial score (nSPS) is 15.1. The number of fused-ring (bicyclic) bond motifs is 1. The van der Waals surface area contributed by atoms with Crippen LogP contribution in [0.2, 0.25) is 0 Å². The van der Waals surface area contributed by atoms with Crippen molar-refractivity contribution in [2.75, 3.05) is 5.32 Å². The van der Waals surface area contributed by atoms with E-state index in [2.05, 4.69) is 31.9 Å². The van der Waals surface area contributed by atoms with E-state index in [1.165, 1.54) is 11.8 Å². The fraction of sp³-hybridized carbons (Fsp3) is 0.238. The molecule has 0 saturated heterocycles. The standard InChI is InChI=1S/C21H20N6O2/c1-13-18-8-4-15(10-19(18)27-26-13)24-21(28)25-20-9-7-17(12-23-20)29-16-5-2-14(11-22)3-6-16/h2-3,5-7,9,12,15H,4,8,10H2,1H3,(H,26,27)(H2,23,24,25,28). The van der Waals surface area contributed by atoms with Crippen molar-refractivity contribution in [1.82, 2.24) is 20.5 Å². The summed E-state index contributed by atoms with van der Waals surface area (Å²) < 4.78 is 5.68. The molecule has 0 bridgehead atoms. The van der Waals surface area contributed by atoms with Crippen LogP contribution in [0.5, 0.6) is 11.5 Å². The number of carbonyl (C=O) groups excluding carboxylic acids is 1. The van der Waals surface area contributed by atoms with Gasteiger partial charge in [-0.05, 0) is 61.7 Å². The number of aromatic nitrogens is 3. The maximum atomic E-state index is 12.3. The SMILES string of the molecule is Cc1[nH]nc2c1CCC(NC(=O)Nc1ccc(Oc3ccc(C#N)cc3)cn1)C2. The van der Waals surface area contributed by atoms with E-state index in [9.17, 15) is 4.79 Å². The van der Waals surface area contributed by atoms with Crippen molar-refractivity contribution >= 4 is 11.8 Å². The summed E-state index contributed by atoms with van der Waals surface area (Å²) in [6.45, 7) is 2.02. The number of ether oxygens (including phenoxy) is 1. The van der Waals surface area contributed by atoms with Crippen molar-refractivity contribution < 1.29 is 9.53 Å². The number of benzene rings is 1. The summed E-state index contributed by atoms with van der Waals surface area (Å²) in [6, 6.07) is 12.0. The van der Waals surface area contributed by atoms with E-state index in [0.717, 1.165) is 30.7 Å². The summed E-state index contributed by atoms with van der Waals surface area (Å²) in [5.74, 6) is 1.57. The molecule has 4 rings (SSSR count). The fourth-order valence-corrected chi connectivity index (χ4v) is 3.37. The number of hydrogen-bond acceptors (Lipinski definition) is 5. The van der Waals surface area contributed by atoms with Gasteiger partial charge < -0.3 is 10.1 Å². The van der Waals surface area contributed by atoms with Crippen LogP contribution in [-0.2, 0) is 12.8 Å². The third-order valence-electron chi connectivity index (χ3n) is 4.87. The Kier molecular flexibility index (Phi) is 5.12. The zero-order valence-electron chi connectivity index (χ0n) is 15.9. The van der Waals surface area contributed by atoms with Gasteiger partial charge in [-0.25, -0.2) is 9.78 Å². The molecule has 8 heteroatoms. The first-order valence-electron chi connectivity index (χ1n) is 9.35. The van der Waals surface area contributed by atoms with Crippen LogP contribution in [0.15, 0.2) is 42.6 Å². The highest BCUT2D eigenvalue weighted by molar-refractivity contribution is 5.88. The number of nitrogens with zero attached hydrogens (tertiary/aromatic N) is 3. The molecular formula is C21H20N6O2. The van der Waals surface area contributed by atoms with E-state index in [1.807, 2.05) is 6.92 Å². The number of rotatable bonds is 4. The van der Waals surface area contributed by atoms with E-state index in [-0.39, 0.29) is 12.1 Å².